The summed E-state index contributed by atoms with van der Waals surface area (Å²) in [7, 11) is 2.51. The number of amides is 1. The van der Waals surface area contributed by atoms with Crippen molar-refractivity contribution in [2.24, 2.45) is 0 Å². The van der Waals surface area contributed by atoms with Gasteiger partial charge < -0.3 is 14.8 Å². The molecule has 0 aromatic heterocycles. The Morgan fingerprint density at radius 1 is 1.07 bits per heavy atom. The van der Waals surface area contributed by atoms with E-state index in [1.54, 1.807) is 0 Å². The molecule has 0 aromatic carbocycles. The zero-order valence-electron chi connectivity index (χ0n) is 8.57. The highest BCUT2D eigenvalue weighted by Crippen LogP contribution is 1.99. The summed E-state index contributed by atoms with van der Waals surface area (Å²) >= 11 is 1.11. The van der Waals surface area contributed by atoms with Crippen molar-refractivity contribution in [3.05, 3.63) is 0 Å². The van der Waals surface area contributed by atoms with E-state index >= 15 is 0 Å². The van der Waals surface area contributed by atoms with Gasteiger partial charge in [0.05, 0.1) is 25.7 Å². The summed E-state index contributed by atoms with van der Waals surface area (Å²) in [6.45, 7) is -0.159. The van der Waals surface area contributed by atoms with Gasteiger partial charge in [0.25, 0.3) is 0 Å². The number of esters is 2. The lowest BCUT2D eigenvalue weighted by molar-refractivity contribution is -0.141. The number of carbonyl (C=O) groups excluding carboxylic acids is 3. The molecule has 1 amide bonds. The van der Waals surface area contributed by atoms with E-state index in [1.165, 1.54) is 14.2 Å². The van der Waals surface area contributed by atoms with Gasteiger partial charge in [-0.3, -0.25) is 14.4 Å². The highest BCUT2D eigenvalue weighted by atomic mass is 32.2. The maximum Gasteiger partial charge on any atom is 0.325 e. The molecular weight excluding hydrogens is 222 g/mol. The molecule has 0 saturated heterocycles. The fourth-order valence-electron chi connectivity index (χ4n) is 0.580. The molecule has 0 aliphatic heterocycles. The van der Waals surface area contributed by atoms with E-state index in [4.69, 9.17) is 0 Å². The first-order chi connectivity index (χ1) is 7.10. The van der Waals surface area contributed by atoms with Crippen LogP contribution in [0.25, 0.3) is 0 Å². The second kappa shape index (κ2) is 8.10. The first-order valence-electron chi connectivity index (χ1n) is 4.08. The van der Waals surface area contributed by atoms with Crippen LogP contribution in [0.15, 0.2) is 0 Å². The van der Waals surface area contributed by atoms with Crippen LogP contribution in [0.1, 0.15) is 0 Å². The second-order valence-corrected chi connectivity index (χ2v) is 3.41. The number of carbonyl (C=O) groups is 3. The Morgan fingerprint density at radius 3 is 2.20 bits per heavy atom. The highest BCUT2D eigenvalue weighted by Gasteiger charge is 2.07. The van der Waals surface area contributed by atoms with Crippen LogP contribution in [0.2, 0.25) is 0 Å². The third-order valence-electron chi connectivity index (χ3n) is 1.34. The number of hydrogen-bond acceptors (Lipinski definition) is 6. The number of methoxy groups -OCH3 is 2. The molecule has 0 atom stereocenters. The summed E-state index contributed by atoms with van der Waals surface area (Å²) in [5.74, 6) is -1.01. The van der Waals surface area contributed by atoms with Crippen molar-refractivity contribution in [3.8, 4) is 0 Å². The van der Waals surface area contributed by atoms with Gasteiger partial charge in [-0.2, -0.15) is 0 Å². The minimum atomic E-state index is -0.513. The van der Waals surface area contributed by atoms with Gasteiger partial charge in [-0.25, -0.2) is 0 Å². The van der Waals surface area contributed by atoms with Crippen molar-refractivity contribution >= 4 is 29.6 Å². The Labute approximate surface area is 91.7 Å². The molecule has 0 radical (unpaired) electrons. The summed E-state index contributed by atoms with van der Waals surface area (Å²) in [5, 5.41) is 2.34. The maximum atomic E-state index is 11.0. The van der Waals surface area contributed by atoms with Gasteiger partial charge >= 0.3 is 11.9 Å². The molecule has 0 rings (SSSR count). The Hall–Kier alpha value is -1.24. The fourth-order valence-corrected chi connectivity index (χ4v) is 1.25. The average molecular weight is 235 g/mol. The lowest BCUT2D eigenvalue weighted by Gasteiger charge is -2.03. The van der Waals surface area contributed by atoms with Crippen LogP contribution in [0, 0.1) is 0 Å². The van der Waals surface area contributed by atoms with Crippen LogP contribution < -0.4 is 5.32 Å². The number of nitrogens with one attached hydrogen (secondary N) is 1. The molecule has 15 heavy (non-hydrogen) atoms. The van der Waals surface area contributed by atoms with E-state index in [9.17, 15) is 14.4 Å². The Bertz CT molecular complexity index is 243. The minimum absolute atomic E-state index is 0.103. The van der Waals surface area contributed by atoms with Gasteiger partial charge in [0, 0.05) is 0 Å². The molecule has 86 valence electrons. The molecule has 0 fully saturated rings. The number of rotatable bonds is 6. The topological polar surface area (TPSA) is 81.7 Å². The van der Waals surface area contributed by atoms with Crippen LogP contribution in [-0.4, -0.2) is 50.1 Å². The SMILES string of the molecule is COC(=O)CNC(=O)CSCC(=O)OC. The second-order valence-electron chi connectivity index (χ2n) is 2.42. The maximum absolute atomic E-state index is 11.0. The molecule has 7 heteroatoms. The smallest absolute Gasteiger partial charge is 0.325 e. The fraction of sp³-hybridized carbons (Fsp3) is 0.625. The van der Waals surface area contributed by atoms with Crippen molar-refractivity contribution in [3.63, 3.8) is 0 Å². The summed E-state index contributed by atoms with van der Waals surface area (Å²) < 4.78 is 8.71. The summed E-state index contributed by atoms with van der Waals surface area (Å²) in [6.07, 6.45) is 0. The predicted molar refractivity (Wildman–Crippen MR) is 54.4 cm³/mol. The van der Waals surface area contributed by atoms with Crippen LogP contribution in [0.5, 0.6) is 0 Å². The van der Waals surface area contributed by atoms with Gasteiger partial charge in [-0.1, -0.05) is 0 Å². The van der Waals surface area contributed by atoms with Gasteiger partial charge in [-0.15, -0.1) is 11.8 Å². The lowest BCUT2D eigenvalue weighted by Crippen LogP contribution is -2.31. The Balaban J connectivity index is 3.49. The van der Waals surface area contributed by atoms with Crippen LogP contribution in [0.4, 0.5) is 0 Å². The minimum Gasteiger partial charge on any atom is -0.468 e. The third-order valence-corrected chi connectivity index (χ3v) is 2.24. The standard InChI is InChI=1S/C8H13NO5S/c1-13-7(11)3-9-6(10)4-15-5-8(12)14-2/h3-5H2,1-2H3,(H,9,10). The quantitative estimate of drug-likeness (QED) is 0.606. The molecule has 6 nitrogen and oxygen atoms in total. The van der Waals surface area contributed by atoms with Crippen molar-refractivity contribution in [1.82, 2.24) is 5.32 Å². The molecule has 0 spiro atoms. The lowest BCUT2D eigenvalue weighted by atomic mass is 10.6. The summed E-state index contributed by atoms with van der Waals surface area (Å²) in [6, 6.07) is 0. The van der Waals surface area contributed by atoms with Crippen molar-refractivity contribution in [2.45, 2.75) is 0 Å². The first kappa shape index (κ1) is 13.8. The zero-order valence-corrected chi connectivity index (χ0v) is 9.39. The Kier molecular flexibility index (Phi) is 7.43. The number of hydrogen-bond donors (Lipinski definition) is 1. The number of ether oxygens (including phenoxy) is 2. The Morgan fingerprint density at radius 2 is 1.67 bits per heavy atom. The molecule has 0 heterocycles. The monoisotopic (exact) mass is 235 g/mol. The van der Waals surface area contributed by atoms with Crippen LogP contribution in [0.3, 0.4) is 0 Å². The van der Waals surface area contributed by atoms with Gasteiger partial charge in [0.2, 0.25) is 5.91 Å². The van der Waals surface area contributed by atoms with Crippen LogP contribution in [-0.2, 0) is 23.9 Å². The van der Waals surface area contributed by atoms with E-state index in [1.807, 2.05) is 0 Å². The predicted octanol–water partition coefficient (Wildman–Crippen LogP) is -0.818. The molecule has 0 bridgehead atoms. The van der Waals surface area contributed by atoms with Crippen molar-refractivity contribution in [2.75, 3.05) is 32.3 Å². The summed E-state index contributed by atoms with van der Waals surface area (Å²) in [4.78, 5) is 32.3. The van der Waals surface area contributed by atoms with Crippen LogP contribution >= 0.6 is 11.8 Å². The third kappa shape index (κ3) is 7.80. The van der Waals surface area contributed by atoms with E-state index in [-0.39, 0.29) is 29.9 Å². The van der Waals surface area contributed by atoms with Crippen molar-refractivity contribution in [1.29, 1.82) is 0 Å². The van der Waals surface area contributed by atoms with Gasteiger partial charge in [0.15, 0.2) is 0 Å². The molecular formula is C8H13NO5S. The molecule has 0 aromatic rings. The van der Waals surface area contributed by atoms with E-state index in [2.05, 4.69) is 14.8 Å². The molecule has 0 saturated carbocycles. The van der Waals surface area contributed by atoms with E-state index < -0.39 is 5.97 Å². The highest BCUT2D eigenvalue weighted by molar-refractivity contribution is 8.00. The largest absolute Gasteiger partial charge is 0.468 e. The molecule has 0 aliphatic carbocycles. The normalized spacial score (nSPS) is 9.20. The molecule has 0 aliphatic rings. The molecule has 1 N–H and O–H groups in total. The zero-order chi connectivity index (χ0) is 11.7. The van der Waals surface area contributed by atoms with Gasteiger partial charge in [0.1, 0.15) is 6.54 Å². The van der Waals surface area contributed by atoms with E-state index in [0.717, 1.165) is 11.8 Å². The number of thioether (sulfide) groups is 1. The van der Waals surface area contributed by atoms with E-state index in [0.29, 0.717) is 0 Å². The summed E-state index contributed by atoms with van der Waals surface area (Å²) in [5.41, 5.74) is 0. The molecule has 0 unspecified atom stereocenters. The average Bonchev–Trinajstić information content (AvgIpc) is 2.25. The first-order valence-corrected chi connectivity index (χ1v) is 5.23. The van der Waals surface area contributed by atoms with Gasteiger partial charge in [-0.05, 0) is 0 Å². The van der Waals surface area contributed by atoms with Crippen molar-refractivity contribution < 1.29 is 23.9 Å².